The molecule has 4 rings (SSSR count). The molecule has 1 fully saturated rings. The second kappa shape index (κ2) is 9.55. The third kappa shape index (κ3) is 5.36. The molecule has 0 spiro atoms. The van der Waals surface area contributed by atoms with Gasteiger partial charge in [0, 0.05) is 35.8 Å². The molecule has 3 heterocycles. The summed E-state index contributed by atoms with van der Waals surface area (Å²) in [6.45, 7) is 2.79. The van der Waals surface area contributed by atoms with Gasteiger partial charge in [0.2, 0.25) is 0 Å². The van der Waals surface area contributed by atoms with Crippen molar-refractivity contribution in [1.29, 1.82) is 0 Å². The molecule has 0 aromatic carbocycles. The minimum atomic E-state index is -0.460. The molecule has 31 heavy (non-hydrogen) atoms. The zero-order chi connectivity index (χ0) is 21.6. The summed E-state index contributed by atoms with van der Waals surface area (Å²) in [7, 11) is 1.34. The Kier molecular flexibility index (Phi) is 6.40. The Labute approximate surface area is 181 Å². The first-order valence-electron chi connectivity index (χ1n) is 10.4. The quantitative estimate of drug-likeness (QED) is 0.483. The highest BCUT2D eigenvalue weighted by atomic mass is 16.5. The van der Waals surface area contributed by atoms with E-state index >= 15 is 0 Å². The fourth-order valence-corrected chi connectivity index (χ4v) is 3.27. The number of ether oxygens (including phenoxy) is 3. The average Bonchev–Trinajstić information content (AvgIpc) is 3.64. The maximum atomic E-state index is 11.7. The van der Waals surface area contributed by atoms with Crippen molar-refractivity contribution < 1.29 is 19.0 Å². The van der Waals surface area contributed by atoms with E-state index in [1.807, 2.05) is 25.3 Å². The zero-order valence-electron chi connectivity index (χ0n) is 17.7. The van der Waals surface area contributed by atoms with Crippen LogP contribution in [0.15, 0.2) is 48.9 Å². The third-order valence-electron chi connectivity index (χ3n) is 5.02. The maximum absolute atomic E-state index is 11.7. The summed E-state index contributed by atoms with van der Waals surface area (Å²) in [6.07, 6.45) is 8.26. The standard InChI is InChI=1S/C24H25N3O4/c1-3-30-22-12-18(10-16-8-9-25-21(11-16)24(28)29-2)14-27-23(22)31-15-17-4-7-20(26-13-17)19-5-6-19/h4,7-9,11-14,19H,3,5-6,10,15H2,1-2H3. The molecule has 3 aromatic rings. The molecule has 0 atom stereocenters. The van der Waals surface area contributed by atoms with Crippen molar-refractivity contribution >= 4 is 5.97 Å². The Balaban J connectivity index is 1.45. The fourth-order valence-electron chi connectivity index (χ4n) is 3.27. The van der Waals surface area contributed by atoms with E-state index in [1.165, 1.54) is 20.0 Å². The molecule has 7 nitrogen and oxygen atoms in total. The summed E-state index contributed by atoms with van der Waals surface area (Å²) in [6, 6.07) is 9.62. The predicted octanol–water partition coefficient (Wildman–Crippen LogP) is 4.10. The van der Waals surface area contributed by atoms with Gasteiger partial charge in [-0.1, -0.05) is 6.07 Å². The summed E-state index contributed by atoms with van der Waals surface area (Å²) < 4.78 is 16.4. The Bertz CT molecular complexity index is 1050. The lowest BCUT2D eigenvalue weighted by Gasteiger charge is -2.13. The molecule has 0 amide bonds. The summed E-state index contributed by atoms with van der Waals surface area (Å²) in [5.74, 6) is 1.21. The highest BCUT2D eigenvalue weighted by molar-refractivity contribution is 5.87. The van der Waals surface area contributed by atoms with E-state index in [-0.39, 0.29) is 5.69 Å². The molecule has 0 N–H and O–H groups in total. The van der Waals surface area contributed by atoms with Crippen molar-refractivity contribution in [2.45, 2.75) is 38.7 Å². The van der Waals surface area contributed by atoms with E-state index in [1.54, 1.807) is 18.5 Å². The van der Waals surface area contributed by atoms with Gasteiger partial charge >= 0.3 is 5.97 Å². The number of hydrogen-bond donors (Lipinski definition) is 0. The van der Waals surface area contributed by atoms with E-state index in [2.05, 4.69) is 27.1 Å². The lowest BCUT2D eigenvalue weighted by molar-refractivity contribution is 0.0594. The van der Waals surface area contributed by atoms with E-state index in [0.29, 0.717) is 37.2 Å². The van der Waals surface area contributed by atoms with Crippen molar-refractivity contribution in [2.75, 3.05) is 13.7 Å². The van der Waals surface area contributed by atoms with Gasteiger partial charge in [0.25, 0.3) is 5.88 Å². The summed E-state index contributed by atoms with van der Waals surface area (Å²) in [4.78, 5) is 24.7. The first-order chi connectivity index (χ1) is 15.2. The van der Waals surface area contributed by atoms with Crippen LogP contribution in [0.3, 0.4) is 0 Å². The van der Waals surface area contributed by atoms with Gasteiger partial charge in [0.05, 0.1) is 13.7 Å². The van der Waals surface area contributed by atoms with Crippen LogP contribution < -0.4 is 9.47 Å². The van der Waals surface area contributed by atoms with Crippen LogP contribution in [-0.2, 0) is 17.8 Å². The number of nitrogens with zero attached hydrogens (tertiary/aromatic N) is 3. The Morgan fingerprint density at radius 1 is 1.00 bits per heavy atom. The summed E-state index contributed by atoms with van der Waals surface area (Å²) in [5, 5.41) is 0. The van der Waals surface area contributed by atoms with E-state index in [9.17, 15) is 4.79 Å². The molecule has 0 unspecified atom stereocenters. The van der Waals surface area contributed by atoms with Gasteiger partial charge < -0.3 is 14.2 Å². The number of esters is 1. The molecule has 0 saturated heterocycles. The van der Waals surface area contributed by atoms with Crippen molar-refractivity contribution in [3.05, 3.63) is 77.0 Å². The molecule has 160 valence electrons. The van der Waals surface area contributed by atoms with Crippen LogP contribution in [0.25, 0.3) is 0 Å². The minimum Gasteiger partial charge on any atom is -0.488 e. The number of methoxy groups -OCH3 is 1. The molecule has 0 bridgehead atoms. The number of hydrogen-bond acceptors (Lipinski definition) is 7. The topological polar surface area (TPSA) is 83.4 Å². The SMILES string of the molecule is CCOc1cc(Cc2ccnc(C(=O)OC)c2)cnc1OCc1ccc(C2CC2)nc1. The molecule has 0 radical (unpaired) electrons. The number of carbonyl (C=O) groups excluding carboxylic acids is 1. The monoisotopic (exact) mass is 419 g/mol. The van der Waals surface area contributed by atoms with E-state index in [0.717, 1.165) is 22.4 Å². The van der Waals surface area contributed by atoms with Gasteiger partial charge in [0.15, 0.2) is 5.75 Å². The number of pyridine rings is 3. The van der Waals surface area contributed by atoms with Crippen molar-refractivity contribution in [2.24, 2.45) is 0 Å². The van der Waals surface area contributed by atoms with Crippen LogP contribution in [0.4, 0.5) is 0 Å². The lowest BCUT2D eigenvalue weighted by atomic mass is 10.1. The Morgan fingerprint density at radius 3 is 2.55 bits per heavy atom. The second-order valence-corrected chi connectivity index (χ2v) is 7.45. The summed E-state index contributed by atoms with van der Waals surface area (Å²) in [5.41, 5.74) is 4.29. The fraction of sp³-hybridized carbons (Fsp3) is 0.333. The second-order valence-electron chi connectivity index (χ2n) is 7.45. The van der Waals surface area contributed by atoms with Crippen LogP contribution in [0.2, 0.25) is 0 Å². The van der Waals surface area contributed by atoms with Crippen molar-refractivity contribution in [1.82, 2.24) is 15.0 Å². The Hall–Kier alpha value is -3.48. The van der Waals surface area contributed by atoms with Crippen LogP contribution in [0.5, 0.6) is 11.6 Å². The summed E-state index contributed by atoms with van der Waals surface area (Å²) >= 11 is 0. The molecular formula is C24H25N3O4. The molecule has 1 saturated carbocycles. The minimum absolute atomic E-state index is 0.277. The van der Waals surface area contributed by atoms with Crippen LogP contribution in [0, 0.1) is 0 Å². The van der Waals surface area contributed by atoms with Gasteiger partial charge in [0.1, 0.15) is 12.3 Å². The average molecular weight is 419 g/mol. The molecule has 0 aliphatic heterocycles. The smallest absolute Gasteiger partial charge is 0.356 e. The van der Waals surface area contributed by atoms with Gasteiger partial charge in [-0.3, -0.25) is 4.98 Å². The van der Waals surface area contributed by atoms with Gasteiger partial charge in [-0.05, 0) is 61.6 Å². The molecule has 7 heteroatoms. The molecule has 1 aliphatic rings. The first kappa shape index (κ1) is 20.8. The zero-order valence-corrected chi connectivity index (χ0v) is 17.7. The van der Waals surface area contributed by atoms with E-state index in [4.69, 9.17) is 14.2 Å². The molecule has 1 aliphatic carbocycles. The highest BCUT2D eigenvalue weighted by Crippen LogP contribution is 2.38. The third-order valence-corrected chi connectivity index (χ3v) is 5.02. The predicted molar refractivity (Wildman–Crippen MR) is 114 cm³/mol. The van der Waals surface area contributed by atoms with Gasteiger partial charge in [-0.2, -0.15) is 0 Å². The van der Waals surface area contributed by atoms with Crippen molar-refractivity contribution in [3.8, 4) is 11.6 Å². The van der Waals surface area contributed by atoms with E-state index < -0.39 is 5.97 Å². The van der Waals surface area contributed by atoms with Gasteiger partial charge in [-0.15, -0.1) is 0 Å². The molecule has 3 aromatic heterocycles. The van der Waals surface area contributed by atoms with Crippen LogP contribution in [-0.4, -0.2) is 34.6 Å². The van der Waals surface area contributed by atoms with Gasteiger partial charge in [-0.25, -0.2) is 14.8 Å². The van der Waals surface area contributed by atoms with Crippen molar-refractivity contribution in [3.63, 3.8) is 0 Å². The van der Waals surface area contributed by atoms with Crippen LogP contribution >= 0.6 is 0 Å². The number of rotatable bonds is 9. The largest absolute Gasteiger partial charge is 0.488 e. The Morgan fingerprint density at radius 2 is 1.84 bits per heavy atom. The number of carbonyl (C=O) groups is 1. The van der Waals surface area contributed by atoms with Crippen LogP contribution in [0.1, 0.15) is 58.6 Å². The molecular weight excluding hydrogens is 394 g/mol. The first-order valence-corrected chi connectivity index (χ1v) is 10.4. The highest BCUT2D eigenvalue weighted by Gasteiger charge is 2.24. The lowest BCUT2D eigenvalue weighted by Crippen LogP contribution is -2.05. The number of aromatic nitrogens is 3. The normalized spacial score (nSPS) is 13.0. The maximum Gasteiger partial charge on any atom is 0.356 e.